The van der Waals surface area contributed by atoms with Crippen LogP contribution in [0.5, 0.6) is 5.75 Å². The normalized spacial score (nSPS) is 11.6. The van der Waals surface area contributed by atoms with Crippen LogP contribution < -0.4 is 10.1 Å². The van der Waals surface area contributed by atoms with Crippen molar-refractivity contribution in [2.75, 3.05) is 12.4 Å². The maximum absolute atomic E-state index is 13.0. The van der Waals surface area contributed by atoms with Gasteiger partial charge in [0.1, 0.15) is 11.3 Å². The van der Waals surface area contributed by atoms with E-state index in [4.69, 9.17) is 4.74 Å². The minimum atomic E-state index is -5.05. The van der Waals surface area contributed by atoms with E-state index >= 15 is 0 Å². The molecule has 6 nitrogen and oxygen atoms in total. The van der Waals surface area contributed by atoms with E-state index in [0.717, 1.165) is 26.2 Å². The van der Waals surface area contributed by atoms with Crippen molar-refractivity contribution in [3.63, 3.8) is 0 Å². The lowest BCUT2D eigenvalue weighted by Gasteiger charge is -2.14. The van der Waals surface area contributed by atoms with Crippen LogP contribution >= 0.6 is 0 Å². The number of carbonyl (C=O) groups excluding carboxylic acids is 3. The first kappa shape index (κ1) is 24.7. The van der Waals surface area contributed by atoms with Crippen LogP contribution in [0.25, 0.3) is 0 Å². The molecule has 0 atom stereocenters. The number of rotatable bonds is 5. The standard InChI is InChI=1S/C20H15F6NO5/c1-10(28)32-16-4-3-14(9-15(16)18(30)31-2)27-17(29)7-11-5-12(19(21,22)23)8-13(6-11)20(24,25)26/h3-6,8-9H,7H2,1-2H3,(H,27,29). The number of anilines is 1. The van der Waals surface area contributed by atoms with Crippen LogP contribution in [0.1, 0.15) is 34.0 Å². The highest BCUT2D eigenvalue weighted by Gasteiger charge is 2.37. The third-order valence-electron chi connectivity index (χ3n) is 3.93. The van der Waals surface area contributed by atoms with Gasteiger partial charge in [0.2, 0.25) is 5.91 Å². The molecular formula is C20H15F6NO5. The van der Waals surface area contributed by atoms with E-state index in [0.29, 0.717) is 12.1 Å². The molecule has 1 N–H and O–H groups in total. The zero-order valence-electron chi connectivity index (χ0n) is 16.5. The van der Waals surface area contributed by atoms with Crippen molar-refractivity contribution < 1.29 is 50.2 Å². The Morgan fingerprint density at radius 2 is 1.47 bits per heavy atom. The van der Waals surface area contributed by atoms with Gasteiger partial charge in [-0.2, -0.15) is 26.3 Å². The van der Waals surface area contributed by atoms with Gasteiger partial charge in [0.15, 0.2) is 0 Å². The molecule has 0 bridgehead atoms. The first-order valence-corrected chi connectivity index (χ1v) is 8.69. The Kier molecular flexibility index (Phi) is 7.17. The van der Waals surface area contributed by atoms with E-state index in [2.05, 4.69) is 10.1 Å². The van der Waals surface area contributed by atoms with Crippen molar-refractivity contribution in [1.82, 2.24) is 0 Å². The molecule has 172 valence electrons. The molecule has 0 aromatic heterocycles. The number of ether oxygens (including phenoxy) is 2. The van der Waals surface area contributed by atoms with Crippen molar-refractivity contribution >= 4 is 23.5 Å². The summed E-state index contributed by atoms with van der Waals surface area (Å²) in [5, 5.41) is 2.26. The first-order chi connectivity index (χ1) is 14.7. The zero-order chi connectivity index (χ0) is 24.3. The number of nitrogens with one attached hydrogen (secondary N) is 1. The summed E-state index contributed by atoms with van der Waals surface area (Å²) in [5.41, 5.74) is -3.88. The third-order valence-corrected chi connectivity index (χ3v) is 3.93. The predicted molar refractivity (Wildman–Crippen MR) is 97.9 cm³/mol. The molecule has 2 rings (SSSR count). The van der Waals surface area contributed by atoms with E-state index in [1.807, 2.05) is 0 Å². The Hall–Kier alpha value is -3.57. The summed E-state index contributed by atoms with van der Waals surface area (Å²) in [6.45, 7) is 1.08. The van der Waals surface area contributed by atoms with Crippen LogP contribution in [0.4, 0.5) is 32.0 Å². The van der Waals surface area contributed by atoms with Crippen LogP contribution in [0, 0.1) is 0 Å². The zero-order valence-corrected chi connectivity index (χ0v) is 16.5. The van der Waals surface area contributed by atoms with Gasteiger partial charge in [0.05, 0.1) is 24.7 Å². The Morgan fingerprint density at radius 1 is 0.906 bits per heavy atom. The number of hydrogen-bond donors (Lipinski definition) is 1. The molecule has 2 aromatic rings. The summed E-state index contributed by atoms with van der Waals surface area (Å²) < 4.78 is 87.1. The number of amides is 1. The lowest BCUT2D eigenvalue weighted by Crippen LogP contribution is -2.17. The number of alkyl halides is 6. The summed E-state index contributed by atoms with van der Waals surface area (Å²) in [5.74, 6) is -2.77. The molecular weight excluding hydrogens is 448 g/mol. The second-order valence-corrected chi connectivity index (χ2v) is 6.44. The SMILES string of the molecule is COC(=O)c1cc(NC(=O)Cc2cc(C(F)(F)F)cc(C(F)(F)F)c2)ccc1OC(C)=O. The van der Waals surface area contributed by atoms with Crippen LogP contribution in [-0.2, 0) is 33.1 Å². The number of halogens is 6. The molecule has 0 spiro atoms. The van der Waals surface area contributed by atoms with E-state index in [1.165, 1.54) is 6.07 Å². The minimum absolute atomic E-state index is 0.0330. The molecule has 0 radical (unpaired) electrons. The van der Waals surface area contributed by atoms with E-state index in [-0.39, 0.29) is 23.1 Å². The molecule has 0 heterocycles. The molecule has 0 saturated heterocycles. The van der Waals surface area contributed by atoms with E-state index < -0.39 is 53.3 Å². The van der Waals surface area contributed by atoms with Crippen LogP contribution in [-0.4, -0.2) is 25.0 Å². The van der Waals surface area contributed by atoms with Gasteiger partial charge >= 0.3 is 24.3 Å². The molecule has 2 aromatic carbocycles. The molecule has 0 fully saturated rings. The number of carbonyl (C=O) groups is 3. The Morgan fingerprint density at radius 3 is 1.94 bits per heavy atom. The van der Waals surface area contributed by atoms with Crippen LogP contribution in [0.3, 0.4) is 0 Å². The second kappa shape index (κ2) is 9.28. The van der Waals surface area contributed by atoms with Gasteiger partial charge < -0.3 is 14.8 Å². The molecule has 0 unspecified atom stereocenters. The molecule has 0 aliphatic carbocycles. The fourth-order valence-corrected chi connectivity index (χ4v) is 2.63. The number of hydrogen-bond acceptors (Lipinski definition) is 5. The van der Waals surface area contributed by atoms with Crippen molar-refractivity contribution in [3.05, 3.63) is 58.7 Å². The van der Waals surface area contributed by atoms with Crippen molar-refractivity contribution in [2.45, 2.75) is 25.7 Å². The molecule has 0 saturated carbocycles. The minimum Gasteiger partial charge on any atom is -0.465 e. The average Bonchev–Trinajstić information content (AvgIpc) is 2.66. The third kappa shape index (κ3) is 6.46. The Bertz CT molecular complexity index is 1010. The molecule has 1 amide bonds. The average molecular weight is 463 g/mol. The van der Waals surface area contributed by atoms with Gasteiger partial charge in [0.25, 0.3) is 0 Å². The van der Waals surface area contributed by atoms with Crippen molar-refractivity contribution in [3.8, 4) is 5.75 Å². The largest absolute Gasteiger partial charge is 0.465 e. The lowest BCUT2D eigenvalue weighted by molar-refractivity contribution is -0.143. The highest BCUT2D eigenvalue weighted by atomic mass is 19.4. The smallest absolute Gasteiger partial charge is 0.416 e. The van der Waals surface area contributed by atoms with Gasteiger partial charge in [-0.25, -0.2) is 4.79 Å². The Balaban J connectivity index is 2.31. The number of esters is 2. The van der Waals surface area contributed by atoms with Crippen molar-refractivity contribution in [2.24, 2.45) is 0 Å². The molecule has 0 aliphatic rings. The van der Waals surface area contributed by atoms with Gasteiger partial charge in [0, 0.05) is 12.6 Å². The van der Waals surface area contributed by atoms with E-state index in [9.17, 15) is 40.7 Å². The van der Waals surface area contributed by atoms with Gasteiger partial charge in [-0.05, 0) is 42.0 Å². The fraction of sp³-hybridized carbons (Fsp3) is 0.250. The molecule has 0 aliphatic heterocycles. The van der Waals surface area contributed by atoms with E-state index in [1.54, 1.807) is 0 Å². The lowest BCUT2D eigenvalue weighted by atomic mass is 10.0. The maximum atomic E-state index is 13.0. The summed E-state index contributed by atoms with van der Waals surface area (Å²) in [6.07, 6.45) is -10.9. The topological polar surface area (TPSA) is 81.7 Å². The van der Waals surface area contributed by atoms with Gasteiger partial charge in [-0.1, -0.05) is 0 Å². The molecule has 12 heteroatoms. The van der Waals surface area contributed by atoms with Crippen molar-refractivity contribution in [1.29, 1.82) is 0 Å². The van der Waals surface area contributed by atoms with Crippen LogP contribution in [0.15, 0.2) is 36.4 Å². The summed E-state index contributed by atoms with van der Waals surface area (Å²) in [6, 6.07) is 4.30. The summed E-state index contributed by atoms with van der Waals surface area (Å²) >= 11 is 0. The van der Waals surface area contributed by atoms with Crippen LogP contribution in [0.2, 0.25) is 0 Å². The number of methoxy groups -OCH3 is 1. The fourth-order valence-electron chi connectivity index (χ4n) is 2.63. The highest BCUT2D eigenvalue weighted by molar-refractivity contribution is 5.97. The highest BCUT2D eigenvalue weighted by Crippen LogP contribution is 2.36. The van der Waals surface area contributed by atoms with Gasteiger partial charge in [-0.15, -0.1) is 0 Å². The summed E-state index contributed by atoms with van der Waals surface area (Å²) in [7, 11) is 1.05. The monoisotopic (exact) mass is 463 g/mol. The van der Waals surface area contributed by atoms with Gasteiger partial charge in [-0.3, -0.25) is 9.59 Å². The quantitative estimate of drug-likeness (QED) is 0.398. The predicted octanol–water partition coefficient (Wildman–Crippen LogP) is 4.62. The molecule has 32 heavy (non-hydrogen) atoms. The first-order valence-electron chi connectivity index (χ1n) is 8.69. The maximum Gasteiger partial charge on any atom is 0.416 e. The number of benzene rings is 2. The summed E-state index contributed by atoms with van der Waals surface area (Å²) in [4.78, 5) is 35.2. The second-order valence-electron chi connectivity index (χ2n) is 6.44. The Labute approximate surface area is 177 Å².